The molecule has 2 aromatic rings. The van der Waals surface area contributed by atoms with Crippen LogP contribution in [0.2, 0.25) is 10.0 Å². The zero-order chi connectivity index (χ0) is 20.3. The number of carbonyl (C=O) groups excluding carboxylic acids is 1. The fourth-order valence-corrected chi connectivity index (χ4v) is 3.50. The molecule has 0 unspecified atom stereocenters. The Morgan fingerprint density at radius 3 is 2.44 bits per heavy atom. The molecule has 0 atom stereocenters. The third-order valence-corrected chi connectivity index (χ3v) is 5.07. The van der Waals surface area contributed by atoms with Crippen LogP contribution in [-0.4, -0.2) is 18.2 Å². The molecule has 0 aliphatic rings. The van der Waals surface area contributed by atoms with E-state index in [0.29, 0.717) is 0 Å². The molecule has 0 aromatic heterocycles. The Bertz CT molecular complexity index is 867. The average molecular weight is 417 g/mol. The van der Waals surface area contributed by atoms with Crippen LogP contribution in [0.3, 0.4) is 0 Å². The van der Waals surface area contributed by atoms with Gasteiger partial charge in [-0.1, -0.05) is 43.1 Å². The third kappa shape index (κ3) is 4.71. The van der Waals surface area contributed by atoms with Crippen LogP contribution in [-0.2, 0) is 22.4 Å². The lowest BCUT2D eigenvalue weighted by Gasteiger charge is -2.16. The topological polar surface area (TPSA) is 46.5 Å². The fourth-order valence-electron chi connectivity index (χ4n) is 2.87. The first-order chi connectivity index (χ1) is 12.7. The van der Waals surface area contributed by atoms with Crippen molar-refractivity contribution in [3.05, 3.63) is 62.1 Å². The van der Waals surface area contributed by atoms with Crippen LogP contribution in [0.4, 0.5) is 8.78 Å². The summed E-state index contributed by atoms with van der Waals surface area (Å²) in [6, 6.07) is 4.21. The highest BCUT2D eigenvalue weighted by Gasteiger charge is 2.21. The third-order valence-electron chi connectivity index (χ3n) is 4.34. The first-order valence-corrected chi connectivity index (χ1v) is 9.15. The molecule has 0 radical (unpaired) electrons. The van der Waals surface area contributed by atoms with Crippen molar-refractivity contribution < 1.29 is 23.4 Å². The van der Waals surface area contributed by atoms with E-state index in [-0.39, 0.29) is 63.2 Å². The van der Waals surface area contributed by atoms with Crippen LogP contribution in [0.1, 0.15) is 48.4 Å². The Kier molecular flexibility index (Phi) is 7.06. The SMILES string of the molecule is COC(=O)CCc1cc(Cl)c(Cc2ccc(O)c(C(C)C)c2F)c(Cl)c1F. The summed E-state index contributed by atoms with van der Waals surface area (Å²) < 4.78 is 33.9. The number of aromatic hydroxyl groups is 1. The minimum absolute atomic E-state index is 0.0102. The molecule has 0 saturated heterocycles. The lowest BCUT2D eigenvalue weighted by molar-refractivity contribution is -0.140. The van der Waals surface area contributed by atoms with Gasteiger partial charge in [-0.25, -0.2) is 8.78 Å². The lowest BCUT2D eigenvalue weighted by Crippen LogP contribution is -2.06. The van der Waals surface area contributed by atoms with Gasteiger partial charge >= 0.3 is 5.97 Å². The van der Waals surface area contributed by atoms with E-state index in [0.717, 1.165) is 0 Å². The number of carbonyl (C=O) groups is 1. The number of aryl methyl sites for hydroxylation is 1. The largest absolute Gasteiger partial charge is 0.508 e. The van der Waals surface area contributed by atoms with E-state index in [2.05, 4.69) is 4.74 Å². The Morgan fingerprint density at radius 1 is 1.19 bits per heavy atom. The highest BCUT2D eigenvalue weighted by atomic mass is 35.5. The van der Waals surface area contributed by atoms with E-state index >= 15 is 0 Å². The van der Waals surface area contributed by atoms with Gasteiger partial charge in [0.05, 0.1) is 12.1 Å². The Labute approximate surface area is 166 Å². The van der Waals surface area contributed by atoms with Crippen LogP contribution in [0.25, 0.3) is 0 Å². The number of hydrogen-bond acceptors (Lipinski definition) is 3. The molecule has 7 heteroatoms. The summed E-state index contributed by atoms with van der Waals surface area (Å²) in [7, 11) is 1.25. The van der Waals surface area contributed by atoms with Crippen molar-refractivity contribution in [1.29, 1.82) is 0 Å². The number of halogens is 4. The van der Waals surface area contributed by atoms with Crippen molar-refractivity contribution in [2.24, 2.45) is 0 Å². The minimum Gasteiger partial charge on any atom is -0.508 e. The van der Waals surface area contributed by atoms with Crippen LogP contribution < -0.4 is 0 Å². The maximum atomic E-state index is 14.8. The van der Waals surface area contributed by atoms with Gasteiger partial charge in [0, 0.05) is 23.4 Å². The van der Waals surface area contributed by atoms with Crippen molar-refractivity contribution in [1.82, 2.24) is 0 Å². The van der Waals surface area contributed by atoms with Crippen molar-refractivity contribution >= 4 is 29.2 Å². The van der Waals surface area contributed by atoms with Crippen molar-refractivity contribution in [2.45, 2.75) is 39.0 Å². The molecule has 2 rings (SSSR count). The number of phenols is 1. The second-order valence-corrected chi connectivity index (χ2v) is 7.29. The summed E-state index contributed by atoms with van der Waals surface area (Å²) in [5.41, 5.74) is 0.877. The predicted octanol–water partition coefficient (Wildman–Crippen LogP) is 5.80. The van der Waals surface area contributed by atoms with Gasteiger partial charge in [-0.05, 0) is 41.2 Å². The van der Waals surface area contributed by atoms with Crippen molar-refractivity contribution in [2.75, 3.05) is 7.11 Å². The molecule has 146 valence electrons. The summed E-state index contributed by atoms with van der Waals surface area (Å²) in [5, 5.41) is 9.85. The molecule has 27 heavy (non-hydrogen) atoms. The number of ether oxygens (including phenoxy) is 1. The van der Waals surface area contributed by atoms with Crippen LogP contribution >= 0.6 is 23.2 Å². The van der Waals surface area contributed by atoms with E-state index in [4.69, 9.17) is 23.2 Å². The number of esters is 1. The van der Waals surface area contributed by atoms with Crippen molar-refractivity contribution in [3.8, 4) is 5.75 Å². The van der Waals surface area contributed by atoms with Crippen LogP contribution in [0.15, 0.2) is 18.2 Å². The zero-order valence-electron chi connectivity index (χ0n) is 15.2. The zero-order valence-corrected chi connectivity index (χ0v) is 16.7. The summed E-state index contributed by atoms with van der Waals surface area (Å²) >= 11 is 12.4. The van der Waals surface area contributed by atoms with E-state index in [1.807, 2.05) is 0 Å². The monoisotopic (exact) mass is 416 g/mol. The normalized spacial score (nSPS) is 11.1. The summed E-state index contributed by atoms with van der Waals surface area (Å²) in [5.74, 6) is -2.09. The molecule has 0 amide bonds. The van der Waals surface area contributed by atoms with E-state index < -0.39 is 17.6 Å². The fraction of sp³-hybridized carbons (Fsp3) is 0.350. The second kappa shape index (κ2) is 8.89. The van der Waals surface area contributed by atoms with Gasteiger partial charge in [-0.2, -0.15) is 0 Å². The molecule has 1 N–H and O–H groups in total. The molecule has 0 saturated carbocycles. The molecule has 0 bridgehead atoms. The quantitative estimate of drug-likeness (QED) is 0.478. The van der Waals surface area contributed by atoms with Gasteiger partial charge in [0.1, 0.15) is 17.4 Å². The van der Waals surface area contributed by atoms with Gasteiger partial charge in [0.25, 0.3) is 0 Å². The van der Waals surface area contributed by atoms with E-state index in [1.54, 1.807) is 13.8 Å². The standard InChI is InChI=1S/C20H20Cl2F2O3/c1-10(2)17-15(25)6-4-11(19(17)23)8-13-14(21)9-12(20(24)18(13)22)5-7-16(26)27-3/h4,6,9-10,25H,5,7-8H2,1-3H3. The smallest absolute Gasteiger partial charge is 0.305 e. The highest BCUT2D eigenvalue weighted by Crippen LogP contribution is 2.36. The van der Waals surface area contributed by atoms with Gasteiger partial charge in [0.2, 0.25) is 0 Å². The summed E-state index contributed by atoms with van der Waals surface area (Å²) in [6.07, 6.45) is 0.0464. The molecule has 0 heterocycles. The number of hydrogen-bond donors (Lipinski definition) is 1. The maximum Gasteiger partial charge on any atom is 0.305 e. The molecular formula is C20H20Cl2F2O3. The molecular weight excluding hydrogens is 397 g/mol. The van der Waals surface area contributed by atoms with Crippen LogP contribution in [0.5, 0.6) is 5.75 Å². The molecule has 3 nitrogen and oxygen atoms in total. The van der Waals surface area contributed by atoms with Crippen LogP contribution in [0, 0.1) is 11.6 Å². The maximum absolute atomic E-state index is 14.8. The van der Waals surface area contributed by atoms with E-state index in [9.17, 15) is 18.7 Å². The Hall–Kier alpha value is -1.85. The molecule has 0 aliphatic carbocycles. The molecule has 0 aliphatic heterocycles. The summed E-state index contributed by atoms with van der Waals surface area (Å²) in [6.45, 7) is 3.52. The summed E-state index contributed by atoms with van der Waals surface area (Å²) in [4.78, 5) is 11.3. The van der Waals surface area contributed by atoms with Gasteiger partial charge in [0.15, 0.2) is 0 Å². The molecule has 0 spiro atoms. The average Bonchev–Trinajstić information content (AvgIpc) is 2.61. The Morgan fingerprint density at radius 2 is 1.85 bits per heavy atom. The van der Waals surface area contributed by atoms with Gasteiger partial charge in [-0.15, -0.1) is 0 Å². The number of benzene rings is 2. The highest BCUT2D eigenvalue weighted by molar-refractivity contribution is 6.36. The first kappa shape index (κ1) is 21.5. The minimum atomic E-state index is -0.691. The second-order valence-electron chi connectivity index (χ2n) is 6.50. The van der Waals surface area contributed by atoms with E-state index in [1.165, 1.54) is 25.3 Å². The number of methoxy groups -OCH3 is 1. The molecule has 2 aromatic carbocycles. The number of rotatable bonds is 6. The molecule has 0 fully saturated rings. The van der Waals surface area contributed by atoms with Crippen molar-refractivity contribution in [3.63, 3.8) is 0 Å². The number of phenolic OH excluding ortho intramolecular Hbond substituents is 1. The predicted molar refractivity (Wildman–Crippen MR) is 102 cm³/mol. The Balaban J connectivity index is 2.39. The first-order valence-electron chi connectivity index (χ1n) is 8.39. The van der Waals surface area contributed by atoms with Gasteiger partial charge < -0.3 is 9.84 Å². The van der Waals surface area contributed by atoms with Gasteiger partial charge in [-0.3, -0.25) is 4.79 Å². The lowest BCUT2D eigenvalue weighted by atomic mass is 9.94.